The second-order valence-electron chi connectivity index (χ2n) is 6.06. The highest BCUT2D eigenvalue weighted by molar-refractivity contribution is 6.30. The Kier molecular flexibility index (Phi) is 4.02. The van der Waals surface area contributed by atoms with Gasteiger partial charge >= 0.3 is 6.03 Å². The topological polar surface area (TPSA) is 69.7 Å². The van der Waals surface area contributed by atoms with Gasteiger partial charge in [-0.15, -0.1) is 0 Å². The van der Waals surface area contributed by atoms with E-state index in [-0.39, 0.29) is 24.3 Å². The smallest absolute Gasteiger partial charge is 0.324 e. The number of nitrogens with zero attached hydrogens (tertiary/aromatic N) is 2. The van der Waals surface area contributed by atoms with Crippen molar-refractivity contribution in [2.75, 3.05) is 20.1 Å². The molecule has 0 aliphatic carbocycles. The van der Waals surface area contributed by atoms with Gasteiger partial charge < -0.3 is 10.2 Å². The third-order valence-corrected chi connectivity index (χ3v) is 4.81. The molecule has 3 rings (SSSR count). The lowest BCUT2D eigenvalue weighted by Gasteiger charge is -2.37. The van der Waals surface area contributed by atoms with Crippen LogP contribution in [0, 0.1) is 0 Å². The van der Waals surface area contributed by atoms with Crippen LogP contribution in [-0.4, -0.2) is 53.3 Å². The van der Waals surface area contributed by atoms with Gasteiger partial charge in [0, 0.05) is 25.2 Å². The minimum atomic E-state index is -0.835. The zero-order chi connectivity index (χ0) is 16.6. The molecule has 0 saturated carbocycles. The highest BCUT2D eigenvalue weighted by atomic mass is 35.5. The van der Waals surface area contributed by atoms with Gasteiger partial charge in [0.1, 0.15) is 5.54 Å². The summed E-state index contributed by atoms with van der Waals surface area (Å²) in [5.41, 5.74) is 0.0336. The summed E-state index contributed by atoms with van der Waals surface area (Å²) in [6, 6.07) is 6.86. The van der Waals surface area contributed by atoms with Crippen LogP contribution in [0.15, 0.2) is 24.3 Å². The molecule has 4 amide bonds. The SMILES string of the molecule is CN1C(=O)NC2(CCN(C(=O)Cc3cccc(Cl)c3)CC2)C1=O. The number of benzene rings is 1. The van der Waals surface area contributed by atoms with Crippen LogP contribution in [0.25, 0.3) is 0 Å². The number of nitrogens with one attached hydrogen (secondary N) is 1. The molecule has 23 heavy (non-hydrogen) atoms. The molecule has 2 aliphatic heterocycles. The van der Waals surface area contributed by atoms with Crippen LogP contribution >= 0.6 is 11.6 Å². The van der Waals surface area contributed by atoms with Gasteiger partial charge in [0.05, 0.1) is 6.42 Å². The van der Waals surface area contributed by atoms with E-state index in [4.69, 9.17) is 11.6 Å². The van der Waals surface area contributed by atoms with E-state index in [0.717, 1.165) is 10.5 Å². The maximum atomic E-state index is 12.4. The number of imide groups is 1. The number of carbonyl (C=O) groups is 3. The number of rotatable bonds is 2. The third-order valence-electron chi connectivity index (χ3n) is 4.58. The lowest BCUT2D eigenvalue weighted by molar-refractivity contribution is -0.137. The van der Waals surface area contributed by atoms with Gasteiger partial charge in [-0.1, -0.05) is 23.7 Å². The highest BCUT2D eigenvalue weighted by Crippen LogP contribution is 2.29. The normalized spacial score (nSPS) is 20.1. The minimum Gasteiger partial charge on any atom is -0.342 e. The molecule has 0 atom stereocenters. The first kappa shape index (κ1) is 15.8. The minimum absolute atomic E-state index is 0.00671. The number of carbonyl (C=O) groups excluding carboxylic acids is 3. The average Bonchev–Trinajstić information content (AvgIpc) is 2.72. The fraction of sp³-hybridized carbons (Fsp3) is 0.438. The molecule has 0 radical (unpaired) electrons. The number of likely N-dealkylation sites (N-methyl/N-ethyl adjacent to an activating group) is 1. The first-order chi connectivity index (χ1) is 10.9. The molecule has 2 heterocycles. The van der Waals surface area contributed by atoms with E-state index >= 15 is 0 Å². The summed E-state index contributed by atoms with van der Waals surface area (Å²) in [6.07, 6.45) is 1.18. The van der Waals surface area contributed by atoms with Gasteiger partial charge in [-0.3, -0.25) is 14.5 Å². The maximum Gasteiger partial charge on any atom is 0.324 e. The van der Waals surface area contributed by atoms with Crippen molar-refractivity contribution in [3.63, 3.8) is 0 Å². The van der Waals surface area contributed by atoms with Gasteiger partial charge in [0.15, 0.2) is 0 Å². The molecule has 0 unspecified atom stereocenters. The van der Waals surface area contributed by atoms with E-state index < -0.39 is 5.54 Å². The highest BCUT2D eigenvalue weighted by Gasteiger charge is 2.51. The average molecular weight is 336 g/mol. The summed E-state index contributed by atoms with van der Waals surface area (Å²) < 4.78 is 0. The Morgan fingerprint density at radius 2 is 2.00 bits per heavy atom. The number of urea groups is 1. The number of likely N-dealkylation sites (tertiary alicyclic amines) is 1. The molecule has 1 aromatic carbocycles. The molecule has 122 valence electrons. The Hall–Kier alpha value is -2.08. The van der Waals surface area contributed by atoms with Gasteiger partial charge in [-0.2, -0.15) is 0 Å². The number of hydrogen-bond acceptors (Lipinski definition) is 3. The lowest BCUT2D eigenvalue weighted by Crippen LogP contribution is -2.56. The van der Waals surface area contributed by atoms with Crippen molar-refractivity contribution >= 4 is 29.4 Å². The molecule has 2 saturated heterocycles. The fourth-order valence-electron chi connectivity index (χ4n) is 3.17. The summed E-state index contributed by atoms with van der Waals surface area (Å²) in [5, 5.41) is 3.37. The van der Waals surface area contributed by atoms with Crippen LogP contribution in [0.5, 0.6) is 0 Å². The molecule has 6 nitrogen and oxygen atoms in total. The molecular weight excluding hydrogens is 318 g/mol. The molecule has 2 aliphatic rings. The van der Waals surface area contributed by atoms with E-state index in [0.29, 0.717) is 31.0 Å². The van der Waals surface area contributed by atoms with Crippen LogP contribution < -0.4 is 5.32 Å². The summed E-state index contributed by atoms with van der Waals surface area (Å²) >= 11 is 5.93. The summed E-state index contributed by atoms with van der Waals surface area (Å²) in [6.45, 7) is 0.915. The lowest BCUT2D eigenvalue weighted by atomic mass is 9.87. The Morgan fingerprint density at radius 3 is 2.57 bits per heavy atom. The Labute approximate surface area is 139 Å². The first-order valence-corrected chi connectivity index (χ1v) is 7.92. The van der Waals surface area contributed by atoms with Crippen LogP contribution in [0.4, 0.5) is 4.79 Å². The summed E-state index contributed by atoms with van der Waals surface area (Å²) in [5.74, 6) is -0.198. The van der Waals surface area contributed by atoms with E-state index in [1.807, 2.05) is 12.1 Å². The quantitative estimate of drug-likeness (QED) is 0.831. The van der Waals surface area contributed by atoms with Crippen molar-refractivity contribution in [2.24, 2.45) is 0 Å². The molecule has 0 bridgehead atoms. The van der Waals surface area contributed by atoms with Crippen molar-refractivity contribution in [1.82, 2.24) is 15.1 Å². The van der Waals surface area contributed by atoms with Crippen LogP contribution in [0.3, 0.4) is 0 Å². The Bertz CT molecular complexity index is 668. The predicted octanol–water partition coefficient (Wildman–Crippen LogP) is 1.43. The monoisotopic (exact) mass is 335 g/mol. The Morgan fingerprint density at radius 1 is 1.30 bits per heavy atom. The van der Waals surface area contributed by atoms with Crippen molar-refractivity contribution in [3.05, 3.63) is 34.9 Å². The van der Waals surface area contributed by atoms with E-state index in [9.17, 15) is 14.4 Å². The standard InChI is InChI=1S/C16H18ClN3O3/c1-19-14(22)16(18-15(19)23)5-7-20(8-6-16)13(21)10-11-3-2-4-12(17)9-11/h2-4,9H,5-8,10H2,1H3,(H,18,23). The van der Waals surface area contributed by atoms with Crippen LogP contribution in [0.1, 0.15) is 18.4 Å². The largest absolute Gasteiger partial charge is 0.342 e. The number of halogens is 1. The van der Waals surface area contributed by atoms with Gasteiger partial charge in [0.2, 0.25) is 5.91 Å². The van der Waals surface area contributed by atoms with Gasteiger partial charge in [0.25, 0.3) is 5.91 Å². The summed E-state index contributed by atoms with van der Waals surface area (Å²) in [7, 11) is 1.48. The molecule has 2 fully saturated rings. The van der Waals surface area contributed by atoms with Crippen molar-refractivity contribution in [3.8, 4) is 0 Å². The van der Waals surface area contributed by atoms with E-state index in [1.165, 1.54) is 7.05 Å². The molecule has 1 spiro atoms. The van der Waals surface area contributed by atoms with E-state index in [2.05, 4.69) is 5.32 Å². The first-order valence-electron chi connectivity index (χ1n) is 7.54. The summed E-state index contributed by atoms with van der Waals surface area (Å²) in [4.78, 5) is 39.1. The number of hydrogen-bond donors (Lipinski definition) is 1. The molecule has 0 aromatic heterocycles. The van der Waals surface area contributed by atoms with Gasteiger partial charge in [-0.25, -0.2) is 4.79 Å². The second kappa shape index (κ2) is 5.85. The van der Waals surface area contributed by atoms with Gasteiger partial charge in [-0.05, 0) is 30.5 Å². The van der Waals surface area contributed by atoms with Crippen molar-refractivity contribution < 1.29 is 14.4 Å². The molecule has 1 aromatic rings. The second-order valence-corrected chi connectivity index (χ2v) is 6.50. The number of amides is 4. The van der Waals surface area contributed by atoms with Crippen LogP contribution in [0.2, 0.25) is 5.02 Å². The fourth-order valence-corrected chi connectivity index (χ4v) is 3.38. The molecule has 1 N–H and O–H groups in total. The third kappa shape index (κ3) is 2.91. The van der Waals surface area contributed by atoms with Crippen molar-refractivity contribution in [2.45, 2.75) is 24.8 Å². The zero-order valence-electron chi connectivity index (χ0n) is 12.8. The van der Waals surface area contributed by atoms with Crippen molar-refractivity contribution in [1.29, 1.82) is 0 Å². The Balaban J connectivity index is 1.62. The molecule has 7 heteroatoms. The zero-order valence-corrected chi connectivity index (χ0v) is 13.6. The van der Waals surface area contributed by atoms with Crippen LogP contribution in [-0.2, 0) is 16.0 Å². The number of piperidine rings is 1. The predicted molar refractivity (Wildman–Crippen MR) is 85.0 cm³/mol. The van der Waals surface area contributed by atoms with E-state index in [1.54, 1.807) is 17.0 Å². The maximum absolute atomic E-state index is 12.4. The molecular formula is C16H18ClN3O3.